The summed E-state index contributed by atoms with van der Waals surface area (Å²) in [6.45, 7) is 5.81. The summed E-state index contributed by atoms with van der Waals surface area (Å²) < 4.78 is 5.75. The van der Waals surface area contributed by atoms with Gasteiger partial charge in [-0.2, -0.15) is 0 Å². The van der Waals surface area contributed by atoms with Gasteiger partial charge >= 0.3 is 0 Å². The van der Waals surface area contributed by atoms with Crippen LogP contribution >= 0.6 is 0 Å². The number of carbonyl (C=O) groups excluding carboxylic acids is 1. The van der Waals surface area contributed by atoms with Gasteiger partial charge in [0.05, 0.1) is 5.76 Å². The fraction of sp³-hybridized carbons (Fsp3) is 0.750. The second-order valence-electron chi connectivity index (χ2n) is 4.75. The second-order valence-corrected chi connectivity index (χ2v) is 4.75. The zero-order valence-corrected chi connectivity index (χ0v) is 10.1. The van der Waals surface area contributed by atoms with Gasteiger partial charge in [-0.05, 0) is 38.7 Å². The lowest BCUT2D eigenvalue weighted by Crippen LogP contribution is -2.42. The highest BCUT2D eigenvalue weighted by atomic mass is 16.5. The van der Waals surface area contributed by atoms with Crippen LogP contribution in [-0.2, 0) is 9.53 Å². The van der Waals surface area contributed by atoms with Crippen molar-refractivity contribution in [2.24, 2.45) is 5.92 Å². The number of hydrogen-bond acceptors (Lipinski definition) is 2. The average molecular weight is 211 g/mol. The van der Waals surface area contributed by atoms with Crippen LogP contribution in [0.4, 0.5) is 0 Å². The van der Waals surface area contributed by atoms with E-state index in [1.54, 1.807) is 20.9 Å². The van der Waals surface area contributed by atoms with Crippen LogP contribution in [0.1, 0.15) is 40.0 Å². The predicted octanol–water partition coefficient (Wildman–Crippen LogP) is 2.23. The average Bonchev–Trinajstić information content (AvgIpc) is 2.15. The fourth-order valence-corrected chi connectivity index (χ4v) is 1.82. The topological polar surface area (TPSA) is 38.3 Å². The molecule has 3 heteroatoms. The summed E-state index contributed by atoms with van der Waals surface area (Å²) in [4.78, 5) is 11.5. The molecule has 1 atom stereocenters. The van der Waals surface area contributed by atoms with Gasteiger partial charge in [0, 0.05) is 13.5 Å². The minimum absolute atomic E-state index is 0.0818. The van der Waals surface area contributed by atoms with E-state index in [1.807, 2.05) is 0 Å². The molecule has 0 saturated carbocycles. The maximum Gasteiger partial charge on any atom is 0.263 e. The third-order valence-electron chi connectivity index (χ3n) is 2.74. The summed E-state index contributed by atoms with van der Waals surface area (Å²) in [6.07, 6.45) is 5.32. The van der Waals surface area contributed by atoms with E-state index in [1.165, 1.54) is 6.42 Å². The van der Waals surface area contributed by atoms with Crippen molar-refractivity contribution in [3.63, 3.8) is 0 Å². The van der Waals surface area contributed by atoms with Crippen LogP contribution in [-0.4, -0.2) is 18.6 Å². The molecular formula is C12H21NO2. The smallest absolute Gasteiger partial charge is 0.263 e. The number of nitrogens with one attached hydrogen (secondary N) is 1. The number of carbonyl (C=O) groups is 1. The molecule has 15 heavy (non-hydrogen) atoms. The van der Waals surface area contributed by atoms with Crippen LogP contribution in [0, 0.1) is 5.92 Å². The van der Waals surface area contributed by atoms with Crippen LogP contribution in [0.5, 0.6) is 0 Å². The Kier molecular flexibility index (Phi) is 3.77. The minimum Gasteiger partial charge on any atom is -0.483 e. The van der Waals surface area contributed by atoms with Crippen molar-refractivity contribution in [2.45, 2.75) is 45.6 Å². The van der Waals surface area contributed by atoms with Gasteiger partial charge in [-0.25, -0.2) is 0 Å². The van der Waals surface area contributed by atoms with Crippen molar-refractivity contribution in [1.29, 1.82) is 0 Å². The maximum absolute atomic E-state index is 11.5. The predicted molar refractivity (Wildman–Crippen MR) is 60.3 cm³/mol. The van der Waals surface area contributed by atoms with Gasteiger partial charge in [-0.3, -0.25) is 4.79 Å². The molecule has 0 saturated heterocycles. The third kappa shape index (κ3) is 3.26. The number of allylic oxidation sites excluding steroid dienone is 2. The number of hydrogen-bond donors (Lipinski definition) is 1. The number of likely N-dealkylation sites (N-methyl/N-ethyl adjacent to an activating group) is 1. The first-order chi connectivity index (χ1) is 6.95. The molecule has 0 bridgehead atoms. The van der Waals surface area contributed by atoms with E-state index < -0.39 is 5.60 Å². The Bertz CT molecular complexity index is 269. The molecular weight excluding hydrogens is 190 g/mol. The molecule has 0 radical (unpaired) electrons. The third-order valence-corrected chi connectivity index (χ3v) is 2.74. The van der Waals surface area contributed by atoms with Gasteiger partial charge in [-0.1, -0.05) is 6.92 Å². The highest BCUT2D eigenvalue weighted by Gasteiger charge is 2.30. The molecule has 0 aromatic carbocycles. The SMILES string of the molecule is CNC(=O)C(C)(C)OC1=CCCC(C)C1. The van der Waals surface area contributed by atoms with Crippen molar-refractivity contribution in [3.8, 4) is 0 Å². The van der Waals surface area contributed by atoms with Gasteiger partial charge in [0.1, 0.15) is 0 Å². The van der Waals surface area contributed by atoms with Crippen LogP contribution in [0.25, 0.3) is 0 Å². The molecule has 0 heterocycles. The zero-order valence-electron chi connectivity index (χ0n) is 10.1. The largest absolute Gasteiger partial charge is 0.483 e. The first-order valence-corrected chi connectivity index (χ1v) is 5.56. The Morgan fingerprint density at radius 1 is 1.60 bits per heavy atom. The number of ether oxygens (including phenoxy) is 1. The molecule has 1 rings (SSSR count). The van der Waals surface area contributed by atoms with Crippen molar-refractivity contribution >= 4 is 5.91 Å². The summed E-state index contributed by atoms with van der Waals surface area (Å²) in [6, 6.07) is 0. The lowest BCUT2D eigenvalue weighted by atomic mass is 9.94. The molecule has 3 nitrogen and oxygen atoms in total. The Morgan fingerprint density at radius 2 is 2.27 bits per heavy atom. The van der Waals surface area contributed by atoms with E-state index in [0.717, 1.165) is 18.6 Å². The molecule has 1 amide bonds. The molecule has 1 aliphatic carbocycles. The molecule has 0 fully saturated rings. The maximum atomic E-state index is 11.5. The summed E-state index contributed by atoms with van der Waals surface area (Å²) in [5, 5.41) is 2.61. The van der Waals surface area contributed by atoms with E-state index in [4.69, 9.17) is 4.74 Å². The van der Waals surface area contributed by atoms with Crippen LogP contribution < -0.4 is 5.32 Å². The van der Waals surface area contributed by atoms with Crippen molar-refractivity contribution in [1.82, 2.24) is 5.32 Å². The number of amides is 1. The summed E-state index contributed by atoms with van der Waals surface area (Å²) in [5.74, 6) is 1.54. The molecule has 0 spiro atoms. The minimum atomic E-state index is -0.766. The summed E-state index contributed by atoms with van der Waals surface area (Å²) in [7, 11) is 1.63. The fourth-order valence-electron chi connectivity index (χ4n) is 1.82. The lowest BCUT2D eigenvalue weighted by molar-refractivity contribution is -0.138. The van der Waals surface area contributed by atoms with Crippen LogP contribution in [0.2, 0.25) is 0 Å². The Labute approximate surface area is 91.9 Å². The number of rotatable bonds is 3. The van der Waals surface area contributed by atoms with Gasteiger partial charge < -0.3 is 10.1 Å². The molecule has 1 aliphatic rings. The molecule has 0 aliphatic heterocycles. The van der Waals surface area contributed by atoms with Crippen LogP contribution in [0.3, 0.4) is 0 Å². The monoisotopic (exact) mass is 211 g/mol. The molecule has 86 valence electrons. The molecule has 1 unspecified atom stereocenters. The molecule has 0 aromatic heterocycles. The van der Waals surface area contributed by atoms with Crippen LogP contribution in [0.15, 0.2) is 11.8 Å². The Balaban J connectivity index is 2.60. The summed E-state index contributed by atoms with van der Waals surface area (Å²) in [5.41, 5.74) is -0.766. The van der Waals surface area contributed by atoms with E-state index in [0.29, 0.717) is 5.92 Å². The Morgan fingerprint density at radius 3 is 2.80 bits per heavy atom. The standard InChI is InChI=1S/C12H21NO2/c1-9-6-5-7-10(8-9)15-12(2,3)11(14)13-4/h7,9H,5-6,8H2,1-4H3,(H,13,14). The van der Waals surface area contributed by atoms with E-state index in [9.17, 15) is 4.79 Å². The quantitative estimate of drug-likeness (QED) is 0.777. The van der Waals surface area contributed by atoms with Crippen molar-refractivity contribution in [2.75, 3.05) is 7.05 Å². The lowest BCUT2D eigenvalue weighted by Gasteiger charge is -2.29. The highest BCUT2D eigenvalue weighted by molar-refractivity contribution is 5.84. The van der Waals surface area contributed by atoms with Gasteiger partial charge in [0.15, 0.2) is 5.60 Å². The summed E-state index contributed by atoms with van der Waals surface area (Å²) >= 11 is 0. The molecule has 1 N–H and O–H groups in total. The normalized spacial score (nSPS) is 21.9. The highest BCUT2D eigenvalue weighted by Crippen LogP contribution is 2.27. The van der Waals surface area contributed by atoms with E-state index in [2.05, 4.69) is 18.3 Å². The zero-order chi connectivity index (χ0) is 11.5. The first-order valence-electron chi connectivity index (χ1n) is 5.56. The Hall–Kier alpha value is -0.990. The first kappa shape index (κ1) is 12.1. The van der Waals surface area contributed by atoms with Gasteiger partial charge in [0.25, 0.3) is 5.91 Å². The van der Waals surface area contributed by atoms with Gasteiger partial charge in [0.2, 0.25) is 0 Å². The second kappa shape index (κ2) is 4.69. The van der Waals surface area contributed by atoms with E-state index in [-0.39, 0.29) is 5.91 Å². The van der Waals surface area contributed by atoms with E-state index >= 15 is 0 Å². The molecule has 0 aromatic rings. The van der Waals surface area contributed by atoms with Gasteiger partial charge in [-0.15, -0.1) is 0 Å². The van der Waals surface area contributed by atoms with Crippen molar-refractivity contribution < 1.29 is 9.53 Å². The van der Waals surface area contributed by atoms with Crippen molar-refractivity contribution in [3.05, 3.63) is 11.8 Å².